The van der Waals surface area contributed by atoms with Crippen LogP contribution in [0.3, 0.4) is 0 Å². The number of aromatic nitrogens is 2. The maximum atomic E-state index is 13.6. The molecule has 1 heterocycles. The molecule has 0 saturated heterocycles. The monoisotopic (exact) mass is 555 g/mol. The number of carbonyl (C=O) groups excluding carboxylic acids is 3. The number of ether oxygens (including phenoxy) is 2. The fourth-order valence-corrected chi connectivity index (χ4v) is 7.66. The van der Waals surface area contributed by atoms with Gasteiger partial charge in [-0.05, 0) is 88.5 Å². The molecule has 1 aromatic rings. The summed E-state index contributed by atoms with van der Waals surface area (Å²) in [6, 6.07) is 0.00947. The fraction of sp³-hybridized carbons (Fsp3) is 0.733. The van der Waals surface area contributed by atoms with E-state index in [-0.39, 0.29) is 41.5 Å². The topological polar surface area (TPSA) is 138 Å². The van der Waals surface area contributed by atoms with Crippen LogP contribution in [-0.2, 0) is 9.53 Å². The Morgan fingerprint density at radius 1 is 1.18 bits per heavy atom. The standard InChI is InChI=1S/C30H45N5O5/c1-18(2)17-39-27-23(16-32-35(27)10-9-29(3,4)34-25(36)20-7-5-6-8-20)26(37)33-24-21-11-19-12-22(24)15-30(13-19,14-21)40-28(31)38/h9-10,16,18-22,24H,5-8,11-15,17H2,1-4H3,(H2,31,38)(H,33,37)(H,34,36). The second kappa shape index (κ2) is 11.1. The number of carbonyl (C=O) groups is 3. The van der Waals surface area contributed by atoms with Crippen molar-refractivity contribution in [1.29, 1.82) is 0 Å². The number of primary amides is 1. The van der Waals surface area contributed by atoms with Crippen molar-refractivity contribution >= 4 is 24.1 Å². The van der Waals surface area contributed by atoms with Crippen LogP contribution in [0.2, 0.25) is 0 Å². The number of nitrogens with zero attached hydrogens (tertiary/aromatic N) is 2. The van der Waals surface area contributed by atoms with Crippen LogP contribution in [0.25, 0.3) is 6.20 Å². The molecule has 10 nitrogen and oxygen atoms in total. The Morgan fingerprint density at radius 2 is 1.85 bits per heavy atom. The molecule has 2 unspecified atom stereocenters. The van der Waals surface area contributed by atoms with E-state index in [2.05, 4.69) is 29.6 Å². The largest absolute Gasteiger partial charge is 0.477 e. The van der Waals surface area contributed by atoms with E-state index in [4.69, 9.17) is 15.2 Å². The third-order valence-electron chi connectivity index (χ3n) is 9.18. The summed E-state index contributed by atoms with van der Waals surface area (Å²) in [4.78, 5) is 37.9. The third kappa shape index (κ3) is 6.15. The first-order chi connectivity index (χ1) is 18.9. The van der Waals surface area contributed by atoms with Crippen molar-refractivity contribution in [2.45, 2.75) is 103 Å². The quantitative estimate of drug-likeness (QED) is 0.395. The summed E-state index contributed by atoms with van der Waals surface area (Å²) in [6.07, 6.45) is 12.9. The van der Waals surface area contributed by atoms with Crippen molar-refractivity contribution in [3.05, 3.63) is 17.8 Å². The van der Waals surface area contributed by atoms with Crippen LogP contribution < -0.4 is 21.1 Å². The Hall–Kier alpha value is -3.04. The molecule has 5 aliphatic carbocycles. The van der Waals surface area contributed by atoms with E-state index in [1.54, 1.807) is 17.1 Å². The Kier molecular flexibility index (Phi) is 7.90. The molecule has 5 fully saturated rings. The van der Waals surface area contributed by atoms with E-state index in [0.717, 1.165) is 57.8 Å². The molecule has 3 amide bonds. The molecule has 1 aromatic heterocycles. The molecule has 0 aromatic carbocycles. The van der Waals surface area contributed by atoms with Crippen LogP contribution >= 0.6 is 0 Å². The first-order valence-corrected chi connectivity index (χ1v) is 14.9. The smallest absolute Gasteiger partial charge is 0.405 e. The lowest BCUT2D eigenvalue weighted by molar-refractivity contribution is -0.137. The molecule has 5 aliphatic rings. The highest BCUT2D eigenvalue weighted by Gasteiger charge is 2.57. The molecule has 0 spiro atoms. The molecular weight excluding hydrogens is 510 g/mol. The van der Waals surface area contributed by atoms with E-state index in [9.17, 15) is 14.4 Å². The normalized spacial score (nSPS) is 29.7. The minimum Gasteiger partial charge on any atom is -0.477 e. The van der Waals surface area contributed by atoms with Crippen molar-refractivity contribution < 1.29 is 23.9 Å². The molecule has 220 valence electrons. The summed E-state index contributed by atoms with van der Waals surface area (Å²) >= 11 is 0. The van der Waals surface area contributed by atoms with Gasteiger partial charge in [-0.25, -0.2) is 9.48 Å². The predicted octanol–water partition coefficient (Wildman–Crippen LogP) is 4.25. The van der Waals surface area contributed by atoms with E-state index < -0.39 is 17.2 Å². The van der Waals surface area contributed by atoms with Crippen LogP contribution in [0.1, 0.15) is 95.8 Å². The van der Waals surface area contributed by atoms with Gasteiger partial charge in [0.1, 0.15) is 11.2 Å². The van der Waals surface area contributed by atoms with Gasteiger partial charge in [0.05, 0.1) is 18.3 Å². The summed E-state index contributed by atoms with van der Waals surface area (Å²) in [5, 5.41) is 10.9. The van der Waals surface area contributed by atoms with Crippen LogP contribution in [-0.4, -0.2) is 51.5 Å². The molecule has 0 radical (unpaired) electrons. The SMILES string of the molecule is CC(C)COc1c(C(=O)NC2C3CC4CC2CC(OC(N)=O)(C4)C3)cnn1C=CC(C)(C)NC(=O)C1CCCC1. The number of nitrogens with one attached hydrogen (secondary N) is 2. The van der Waals surface area contributed by atoms with Gasteiger partial charge in [0, 0.05) is 18.2 Å². The number of amides is 3. The molecule has 10 heteroatoms. The predicted molar refractivity (Wildman–Crippen MR) is 150 cm³/mol. The van der Waals surface area contributed by atoms with Gasteiger partial charge in [0.25, 0.3) is 5.91 Å². The molecular formula is C30H45N5O5. The average molecular weight is 556 g/mol. The number of nitrogens with two attached hydrogens (primary N) is 1. The van der Waals surface area contributed by atoms with E-state index in [0.29, 0.717) is 24.0 Å². The Morgan fingerprint density at radius 3 is 2.48 bits per heavy atom. The molecule has 2 atom stereocenters. The zero-order valence-electron chi connectivity index (χ0n) is 24.3. The summed E-state index contributed by atoms with van der Waals surface area (Å²) < 4.78 is 13.3. The lowest BCUT2D eigenvalue weighted by Gasteiger charge is -2.58. The van der Waals surface area contributed by atoms with Gasteiger partial charge in [-0.3, -0.25) is 9.59 Å². The summed E-state index contributed by atoms with van der Waals surface area (Å²) in [6.45, 7) is 8.43. The van der Waals surface area contributed by atoms with Crippen LogP contribution in [0.15, 0.2) is 12.3 Å². The number of hydrogen-bond donors (Lipinski definition) is 3. The second-order valence-electron chi connectivity index (χ2n) is 13.6. The molecule has 6 rings (SSSR count). The van der Waals surface area contributed by atoms with Gasteiger partial charge in [-0.1, -0.05) is 26.7 Å². The van der Waals surface area contributed by atoms with Crippen LogP contribution in [0.4, 0.5) is 4.79 Å². The number of rotatable bonds is 10. The third-order valence-corrected chi connectivity index (χ3v) is 9.18. The summed E-state index contributed by atoms with van der Waals surface area (Å²) in [7, 11) is 0. The first kappa shape index (κ1) is 28.5. The van der Waals surface area contributed by atoms with E-state index in [1.165, 1.54) is 0 Å². The van der Waals surface area contributed by atoms with Gasteiger partial charge >= 0.3 is 6.09 Å². The lowest BCUT2D eigenvalue weighted by atomic mass is 9.52. The van der Waals surface area contributed by atoms with Crippen LogP contribution in [0.5, 0.6) is 5.88 Å². The highest BCUT2D eigenvalue weighted by Crippen LogP contribution is 2.57. The fourth-order valence-electron chi connectivity index (χ4n) is 7.66. The maximum absolute atomic E-state index is 13.6. The second-order valence-corrected chi connectivity index (χ2v) is 13.6. The lowest BCUT2D eigenvalue weighted by Crippen LogP contribution is -2.63. The zero-order chi connectivity index (χ0) is 28.7. The summed E-state index contributed by atoms with van der Waals surface area (Å²) in [5.74, 6) is 1.59. The first-order valence-electron chi connectivity index (χ1n) is 14.9. The van der Waals surface area contributed by atoms with Crippen molar-refractivity contribution in [3.8, 4) is 5.88 Å². The van der Waals surface area contributed by atoms with Crippen molar-refractivity contribution in [2.75, 3.05) is 6.61 Å². The average Bonchev–Trinajstić information content (AvgIpc) is 3.52. The van der Waals surface area contributed by atoms with E-state index in [1.807, 2.05) is 19.9 Å². The highest BCUT2D eigenvalue weighted by molar-refractivity contribution is 5.96. The molecule has 5 saturated carbocycles. The van der Waals surface area contributed by atoms with Gasteiger partial charge < -0.3 is 25.8 Å². The maximum Gasteiger partial charge on any atom is 0.405 e. The molecule has 4 bridgehead atoms. The molecule has 0 aliphatic heterocycles. The summed E-state index contributed by atoms with van der Waals surface area (Å²) in [5.41, 5.74) is 4.71. The zero-order valence-corrected chi connectivity index (χ0v) is 24.3. The van der Waals surface area contributed by atoms with Gasteiger partial charge in [-0.15, -0.1) is 0 Å². The van der Waals surface area contributed by atoms with Crippen LogP contribution in [0, 0.1) is 29.6 Å². The molecule has 40 heavy (non-hydrogen) atoms. The highest BCUT2D eigenvalue weighted by atomic mass is 16.6. The minimum absolute atomic E-state index is 0.00947. The molecule has 4 N–H and O–H groups in total. The van der Waals surface area contributed by atoms with Gasteiger partial charge in [0.15, 0.2) is 0 Å². The van der Waals surface area contributed by atoms with Gasteiger partial charge in [0.2, 0.25) is 11.8 Å². The Bertz CT molecular complexity index is 1140. The van der Waals surface area contributed by atoms with Crippen molar-refractivity contribution in [1.82, 2.24) is 20.4 Å². The van der Waals surface area contributed by atoms with E-state index >= 15 is 0 Å². The number of hydrogen-bond acceptors (Lipinski definition) is 6. The minimum atomic E-state index is -0.712. The van der Waals surface area contributed by atoms with Gasteiger partial charge in [-0.2, -0.15) is 5.10 Å². The Balaban J connectivity index is 1.30. The Labute approximate surface area is 236 Å². The van der Waals surface area contributed by atoms with Crippen molar-refractivity contribution in [3.63, 3.8) is 0 Å². The van der Waals surface area contributed by atoms with Crippen molar-refractivity contribution in [2.24, 2.45) is 35.3 Å².